The number of carbonyl (C=O) groups excluding carboxylic acids is 1. The number of ether oxygens (including phenoxy) is 2. The molecule has 2 fully saturated rings. The summed E-state index contributed by atoms with van der Waals surface area (Å²) in [6.07, 6.45) is 5.15. The van der Waals surface area contributed by atoms with Crippen molar-refractivity contribution in [2.45, 2.75) is 50.7 Å². The second kappa shape index (κ2) is 6.68. The van der Waals surface area contributed by atoms with E-state index < -0.39 is 0 Å². The van der Waals surface area contributed by atoms with Gasteiger partial charge in [-0.05, 0) is 38.5 Å². The number of nitrogens with two attached hydrogens (primary N) is 1. The standard InChI is InChI=1S/C14H26N2O3/c1-14(10-15,11-4-5-11)16-13(17)6-8-18-9-12-3-2-7-19-12/h11-12H,2-10,15H2,1H3,(H,16,17). The number of rotatable bonds is 8. The first-order chi connectivity index (χ1) is 9.14. The van der Waals surface area contributed by atoms with Gasteiger partial charge in [0, 0.05) is 19.6 Å². The first-order valence-electron chi connectivity index (χ1n) is 7.34. The molecule has 1 aliphatic carbocycles. The summed E-state index contributed by atoms with van der Waals surface area (Å²) < 4.78 is 11.0. The van der Waals surface area contributed by atoms with Crippen molar-refractivity contribution in [2.75, 3.05) is 26.4 Å². The van der Waals surface area contributed by atoms with Gasteiger partial charge in [0.25, 0.3) is 0 Å². The number of hydrogen-bond donors (Lipinski definition) is 2. The van der Waals surface area contributed by atoms with Crippen molar-refractivity contribution in [2.24, 2.45) is 11.7 Å². The van der Waals surface area contributed by atoms with Gasteiger partial charge in [-0.2, -0.15) is 0 Å². The lowest BCUT2D eigenvalue weighted by Gasteiger charge is -2.29. The van der Waals surface area contributed by atoms with Crippen molar-refractivity contribution in [1.82, 2.24) is 5.32 Å². The SMILES string of the molecule is CC(CN)(NC(=O)CCOCC1CCCO1)C1CC1. The van der Waals surface area contributed by atoms with Crippen LogP contribution >= 0.6 is 0 Å². The highest BCUT2D eigenvalue weighted by atomic mass is 16.5. The molecule has 0 aromatic carbocycles. The second-order valence-corrected chi connectivity index (χ2v) is 5.90. The molecule has 3 N–H and O–H groups in total. The van der Waals surface area contributed by atoms with Crippen molar-refractivity contribution < 1.29 is 14.3 Å². The third-order valence-corrected chi connectivity index (χ3v) is 4.13. The molecule has 1 saturated heterocycles. The van der Waals surface area contributed by atoms with Crippen LogP contribution < -0.4 is 11.1 Å². The summed E-state index contributed by atoms with van der Waals surface area (Å²) in [6, 6.07) is 0. The molecule has 1 saturated carbocycles. The summed E-state index contributed by atoms with van der Waals surface area (Å²) in [6.45, 7) is 4.43. The van der Waals surface area contributed by atoms with Crippen LogP contribution in [0.15, 0.2) is 0 Å². The van der Waals surface area contributed by atoms with Crippen LogP contribution in [0.5, 0.6) is 0 Å². The fraction of sp³-hybridized carbons (Fsp3) is 0.929. The Bertz CT molecular complexity index is 301. The minimum atomic E-state index is -0.231. The van der Waals surface area contributed by atoms with E-state index in [0.29, 0.717) is 32.1 Å². The second-order valence-electron chi connectivity index (χ2n) is 5.90. The Kier molecular flexibility index (Phi) is 5.19. The van der Waals surface area contributed by atoms with Crippen LogP contribution in [0, 0.1) is 5.92 Å². The Morgan fingerprint density at radius 2 is 2.26 bits per heavy atom. The molecule has 1 heterocycles. The molecule has 0 aromatic rings. The van der Waals surface area contributed by atoms with Crippen LogP contribution in [0.1, 0.15) is 39.0 Å². The molecule has 0 spiro atoms. The lowest BCUT2D eigenvalue weighted by molar-refractivity contribution is -0.124. The zero-order chi connectivity index (χ0) is 13.7. The number of carbonyl (C=O) groups is 1. The lowest BCUT2D eigenvalue weighted by Crippen LogP contribution is -2.53. The van der Waals surface area contributed by atoms with Gasteiger partial charge in [-0.3, -0.25) is 4.79 Å². The van der Waals surface area contributed by atoms with Crippen LogP contribution in [0.2, 0.25) is 0 Å². The third-order valence-electron chi connectivity index (χ3n) is 4.13. The third kappa shape index (κ3) is 4.44. The minimum absolute atomic E-state index is 0.0344. The number of nitrogens with one attached hydrogen (secondary N) is 1. The molecule has 0 bridgehead atoms. The maximum Gasteiger partial charge on any atom is 0.222 e. The van der Waals surface area contributed by atoms with Crippen LogP contribution in [0.4, 0.5) is 0 Å². The average Bonchev–Trinajstić information content (AvgIpc) is 3.13. The molecular weight excluding hydrogens is 244 g/mol. The van der Waals surface area contributed by atoms with Crippen molar-refractivity contribution in [1.29, 1.82) is 0 Å². The molecule has 1 amide bonds. The van der Waals surface area contributed by atoms with E-state index in [1.165, 1.54) is 12.8 Å². The maximum absolute atomic E-state index is 11.9. The van der Waals surface area contributed by atoms with Gasteiger partial charge >= 0.3 is 0 Å². The molecule has 2 rings (SSSR count). The molecule has 19 heavy (non-hydrogen) atoms. The first-order valence-corrected chi connectivity index (χ1v) is 7.34. The van der Waals surface area contributed by atoms with E-state index in [9.17, 15) is 4.79 Å². The van der Waals surface area contributed by atoms with E-state index in [1.807, 2.05) is 6.92 Å². The molecule has 110 valence electrons. The fourth-order valence-corrected chi connectivity index (χ4v) is 2.58. The Labute approximate surface area is 115 Å². The quantitative estimate of drug-likeness (QED) is 0.640. The highest BCUT2D eigenvalue weighted by Gasteiger charge is 2.41. The summed E-state index contributed by atoms with van der Waals surface area (Å²) in [4.78, 5) is 11.9. The first kappa shape index (κ1) is 14.8. The lowest BCUT2D eigenvalue weighted by atomic mass is 9.96. The van der Waals surface area contributed by atoms with Gasteiger partial charge in [0.05, 0.1) is 24.9 Å². The Balaban J connectivity index is 1.58. The van der Waals surface area contributed by atoms with Gasteiger partial charge < -0.3 is 20.5 Å². The smallest absolute Gasteiger partial charge is 0.222 e. The van der Waals surface area contributed by atoms with Crippen LogP contribution in [-0.2, 0) is 14.3 Å². The van der Waals surface area contributed by atoms with Gasteiger partial charge in [0.2, 0.25) is 5.91 Å². The number of hydrogen-bond acceptors (Lipinski definition) is 4. The molecular formula is C14H26N2O3. The van der Waals surface area contributed by atoms with Gasteiger partial charge in [0.15, 0.2) is 0 Å². The summed E-state index contributed by atoms with van der Waals surface area (Å²) in [7, 11) is 0. The van der Waals surface area contributed by atoms with E-state index in [0.717, 1.165) is 19.4 Å². The summed E-state index contributed by atoms with van der Waals surface area (Å²) in [5.74, 6) is 0.585. The highest BCUT2D eigenvalue weighted by Crippen LogP contribution is 2.38. The zero-order valence-electron chi connectivity index (χ0n) is 11.8. The van der Waals surface area contributed by atoms with Crippen molar-refractivity contribution in [3.05, 3.63) is 0 Å². The molecule has 1 aliphatic heterocycles. The predicted octanol–water partition coefficient (Wildman–Crippen LogP) is 0.816. The van der Waals surface area contributed by atoms with Crippen LogP contribution in [0.25, 0.3) is 0 Å². The Morgan fingerprint density at radius 3 is 2.84 bits per heavy atom. The molecule has 2 unspecified atom stereocenters. The summed E-state index contributed by atoms with van der Waals surface area (Å²) in [5.41, 5.74) is 5.54. The van der Waals surface area contributed by atoms with E-state index in [-0.39, 0.29) is 17.6 Å². The van der Waals surface area contributed by atoms with E-state index in [4.69, 9.17) is 15.2 Å². The Hall–Kier alpha value is -0.650. The molecule has 0 aromatic heterocycles. The topological polar surface area (TPSA) is 73.6 Å². The normalized spacial score (nSPS) is 26.1. The maximum atomic E-state index is 11.9. The van der Waals surface area contributed by atoms with Gasteiger partial charge in [0.1, 0.15) is 0 Å². The van der Waals surface area contributed by atoms with Crippen molar-refractivity contribution in [3.63, 3.8) is 0 Å². The molecule has 5 nitrogen and oxygen atoms in total. The molecule has 2 aliphatic rings. The monoisotopic (exact) mass is 270 g/mol. The molecule has 0 radical (unpaired) electrons. The van der Waals surface area contributed by atoms with Crippen LogP contribution in [0.3, 0.4) is 0 Å². The summed E-state index contributed by atoms with van der Waals surface area (Å²) in [5, 5.41) is 3.06. The predicted molar refractivity (Wildman–Crippen MR) is 72.7 cm³/mol. The Morgan fingerprint density at radius 1 is 1.47 bits per heavy atom. The zero-order valence-corrected chi connectivity index (χ0v) is 11.8. The molecule has 5 heteroatoms. The van der Waals surface area contributed by atoms with Crippen molar-refractivity contribution >= 4 is 5.91 Å². The highest BCUT2D eigenvalue weighted by molar-refractivity contribution is 5.77. The fourth-order valence-electron chi connectivity index (χ4n) is 2.58. The van der Waals surface area contributed by atoms with Gasteiger partial charge in [-0.15, -0.1) is 0 Å². The van der Waals surface area contributed by atoms with E-state index in [2.05, 4.69) is 5.32 Å². The van der Waals surface area contributed by atoms with Gasteiger partial charge in [-0.1, -0.05) is 0 Å². The van der Waals surface area contributed by atoms with E-state index >= 15 is 0 Å². The van der Waals surface area contributed by atoms with Crippen molar-refractivity contribution in [3.8, 4) is 0 Å². The van der Waals surface area contributed by atoms with Crippen LogP contribution in [-0.4, -0.2) is 43.9 Å². The summed E-state index contributed by atoms with van der Waals surface area (Å²) >= 11 is 0. The minimum Gasteiger partial charge on any atom is -0.378 e. The average molecular weight is 270 g/mol. The van der Waals surface area contributed by atoms with E-state index in [1.54, 1.807) is 0 Å². The largest absolute Gasteiger partial charge is 0.378 e. The van der Waals surface area contributed by atoms with Gasteiger partial charge in [-0.25, -0.2) is 0 Å². The molecule has 2 atom stereocenters. The number of amides is 1.